The van der Waals surface area contributed by atoms with Crippen molar-refractivity contribution in [3.05, 3.63) is 28.7 Å². The van der Waals surface area contributed by atoms with Crippen molar-refractivity contribution < 1.29 is 9.59 Å². The Morgan fingerprint density at radius 2 is 2.11 bits per heavy atom. The number of rotatable bonds is 3. The maximum atomic E-state index is 12.3. The van der Waals surface area contributed by atoms with Crippen LogP contribution >= 0.6 is 15.9 Å². The maximum Gasteiger partial charge on any atom is 0.250 e. The molecule has 1 aromatic carbocycles. The Morgan fingerprint density at radius 1 is 1.39 bits per heavy atom. The SMILES string of the molecule is CCCC1NC(=O)CN(c2ccccc2Br)C1=O. The number of hydrogen-bond acceptors (Lipinski definition) is 2. The van der Waals surface area contributed by atoms with E-state index in [1.807, 2.05) is 31.2 Å². The summed E-state index contributed by atoms with van der Waals surface area (Å²) in [5.41, 5.74) is 0.749. The minimum atomic E-state index is -0.400. The van der Waals surface area contributed by atoms with E-state index in [4.69, 9.17) is 0 Å². The first-order valence-corrected chi connectivity index (χ1v) is 6.78. The molecule has 5 heteroatoms. The van der Waals surface area contributed by atoms with Crippen molar-refractivity contribution in [2.24, 2.45) is 0 Å². The fourth-order valence-corrected chi connectivity index (χ4v) is 2.57. The zero-order chi connectivity index (χ0) is 13.1. The Bertz CT molecular complexity index is 476. The van der Waals surface area contributed by atoms with E-state index >= 15 is 0 Å². The molecule has 0 aromatic heterocycles. The Kier molecular flexibility index (Phi) is 4.01. The molecule has 1 fully saturated rings. The third-order valence-electron chi connectivity index (χ3n) is 2.92. The molecule has 1 saturated heterocycles. The summed E-state index contributed by atoms with van der Waals surface area (Å²) in [6.45, 7) is 2.08. The van der Waals surface area contributed by atoms with Gasteiger partial charge in [0.25, 0.3) is 0 Å². The van der Waals surface area contributed by atoms with Gasteiger partial charge in [0.05, 0.1) is 5.69 Å². The van der Waals surface area contributed by atoms with Gasteiger partial charge in [-0.25, -0.2) is 0 Å². The van der Waals surface area contributed by atoms with Gasteiger partial charge in [-0.15, -0.1) is 0 Å². The lowest BCUT2D eigenvalue weighted by molar-refractivity contribution is -0.131. The highest BCUT2D eigenvalue weighted by Crippen LogP contribution is 2.27. The maximum absolute atomic E-state index is 12.3. The molecule has 1 aromatic rings. The molecule has 2 rings (SSSR count). The quantitative estimate of drug-likeness (QED) is 0.929. The van der Waals surface area contributed by atoms with Crippen LogP contribution in [0.4, 0.5) is 5.69 Å². The Morgan fingerprint density at radius 3 is 2.78 bits per heavy atom. The number of benzene rings is 1. The zero-order valence-electron chi connectivity index (χ0n) is 10.1. The van der Waals surface area contributed by atoms with Gasteiger partial charge in [-0.2, -0.15) is 0 Å². The van der Waals surface area contributed by atoms with E-state index in [1.54, 1.807) is 4.90 Å². The number of halogens is 1. The van der Waals surface area contributed by atoms with Crippen LogP contribution in [0.25, 0.3) is 0 Å². The summed E-state index contributed by atoms with van der Waals surface area (Å²) < 4.78 is 0.822. The molecular formula is C13H15BrN2O2. The Balaban J connectivity index is 2.29. The second-order valence-electron chi connectivity index (χ2n) is 4.28. The average molecular weight is 311 g/mol. The zero-order valence-corrected chi connectivity index (χ0v) is 11.7. The second kappa shape index (κ2) is 5.52. The molecule has 1 unspecified atom stereocenters. The first kappa shape index (κ1) is 13.1. The largest absolute Gasteiger partial charge is 0.343 e. The number of carbonyl (C=O) groups is 2. The van der Waals surface area contributed by atoms with Crippen molar-refractivity contribution in [1.82, 2.24) is 5.32 Å². The molecular weight excluding hydrogens is 296 g/mol. The number of carbonyl (C=O) groups excluding carboxylic acids is 2. The molecule has 0 bridgehead atoms. The summed E-state index contributed by atoms with van der Waals surface area (Å²) in [5, 5.41) is 2.74. The minimum absolute atomic E-state index is 0.0386. The smallest absolute Gasteiger partial charge is 0.250 e. The molecule has 0 aliphatic carbocycles. The van der Waals surface area contributed by atoms with E-state index in [1.165, 1.54) is 0 Å². The average Bonchev–Trinajstić information content (AvgIpc) is 2.34. The third-order valence-corrected chi connectivity index (χ3v) is 3.59. The van der Waals surface area contributed by atoms with E-state index in [0.29, 0.717) is 6.42 Å². The number of piperazine rings is 1. The highest BCUT2D eigenvalue weighted by Gasteiger charge is 2.33. The van der Waals surface area contributed by atoms with Crippen molar-refractivity contribution in [2.45, 2.75) is 25.8 Å². The summed E-state index contributed by atoms with van der Waals surface area (Å²) in [4.78, 5) is 25.5. The molecule has 18 heavy (non-hydrogen) atoms. The summed E-state index contributed by atoms with van der Waals surface area (Å²) in [7, 11) is 0. The molecule has 1 N–H and O–H groups in total. The van der Waals surface area contributed by atoms with Crippen LogP contribution in [0, 0.1) is 0 Å². The summed E-state index contributed by atoms with van der Waals surface area (Å²) in [6.07, 6.45) is 1.53. The number of amides is 2. The van der Waals surface area contributed by atoms with Crippen LogP contribution in [-0.4, -0.2) is 24.4 Å². The van der Waals surface area contributed by atoms with Gasteiger partial charge in [0.15, 0.2) is 0 Å². The highest BCUT2D eigenvalue weighted by molar-refractivity contribution is 9.10. The molecule has 1 aliphatic heterocycles. The van der Waals surface area contributed by atoms with Gasteiger partial charge >= 0.3 is 0 Å². The number of anilines is 1. The Labute approximate surface area is 114 Å². The normalized spacial score (nSPS) is 19.9. The lowest BCUT2D eigenvalue weighted by atomic mass is 10.1. The highest BCUT2D eigenvalue weighted by atomic mass is 79.9. The van der Waals surface area contributed by atoms with E-state index in [0.717, 1.165) is 16.6 Å². The molecule has 2 amide bonds. The van der Waals surface area contributed by atoms with Crippen molar-refractivity contribution >= 4 is 33.4 Å². The van der Waals surface area contributed by atoms with E-state index in [-0.39, 0.29) is 18.4 Å². The van der Waals surface area contributed by atoms with Crippen LogP contribution in [0.2, 0.25) is 0 Å². The van der Waals surface area contributed by atoms with Crippen LogP contribution < -0.4 is 10.2 Å². The predicted octanol–water partition coefficient (Wildman–Crippen LogP) is 2.08. The lowest BCUT2D eigenvalue weighted by Gasteiger charge is -2.33. The molecule has 0 saturated carbocycles. The first-order valence-electron chi connectivity index (χ1n) is 5.98. The summed E-state index contributed by atoms with van der Waals surface area (Å²) >= 11 is 3.41. The van der Waals surface area contributed by atoms with Gasteiger partial charge in [-0.3, -0.25) is 9.59 Å². The summed E-state index contributed by atoms with van der Waals surface area (Å²) in [6, 6.07) is 7.04. The number of nitrogens with zero attached hydrogens (tertiary/aromatic N) is 1. The van der Waals surface area contributed by atoms with E-state index in [9.17, 15) is 9.59 Å². The molecule has 1 atom stereocenters. The van der Waals surface area contributed by atoms with Gasteiger partial charge in [-0.05, 0) is 34.5 Å². The van der Waals surface area contributed by atoms with Gasteiger partial charge < -0.3 is 10.2 Å². The molecule has 1 heterocycles. The van der Waals surface area contributed by atoms with Crippen LogP contribution in [0.3, 0.4) is 0 Å². The van der Waals surface area contributed by atoms with Crippen LogP contribution in [0.15, 0.2) is 28.7 Å². The molecule has 0 spiro atoms. The van der Waals surface area contributed by atoms with Gasteiger partial charge in [0.1, 0.15) is 12.6 Å². The molecule has 4 nitrogen and oxygen atoms in total. The standard InChI is InChI=1S/C13H15BrN2O2/c1-2-5-10-13(18)16(8-12(17)15-10)11-7-4-3-6-9(11)14/h3-4,6-7,10H,2,5,8H2,1H3,(H,15,17). The molecule has 1 aliphatic rings. The Hall–Kier alpha value is -1.36. The van der Waals surface area contributed by atoms with Crippen molar-refractivity contribution in [3.8, 4) is 0 Å². The van der Waals surface area contributed by atoms with E-state index < -0.39 is 6.04 Å². The van der Waals surface area contributed by atoms with Crippen molar-refractivity contribution in [1.29, 1.82) is 0 Å². The molecule has 96 valence electrons. The summed E-state index contributed by atoms with van der Waals surface area (Å²) in [5.74, 6) is -0.146. The monoisotopic (exact) mass is 310 g/mol. The van der Waals surface area contributed by atoms with Gasteiger partial charge in [0, 0.05) is 4.47 Å². The third kappa shape index (κ3) is 2.56. The van der Waals surface area contributed by atoms with Gasteiger partial charge in [0.2, 0.25) is 11.8 Å². The topological polar surface area (TPSA) is 49.4 Å². The number of para-hydroxylation sites is 1. The van der Waals surface area contributed by atoms with Crippen LogP contribution in [0.5, 0.6) is 0 Å². The molecule has 0 radical (unpaired) electrons. The first-order chi connectivity index (χ1) is 8.63. The lowest BCUT2D eigenvalue weighted by Crippen LogP contribution is -2.58. The van der Waals surface area contributed by atoms with Crippen molar-refractivity contribution in [3.63, 3.8) is 0 Å². The fraction of sp³-hybridized carbons (Fsp3) is 0.385. The fourth-order valence-electron chi connectivity index (χ4n) is 2.07. The minimum Gasteiger partial charge on any atom is -0.343 e. The van der Waals surface area contributed by atoms with Crippen molar-refractivity contribution in [2.75, 3.05) is 11.4 Å². The predicted molar refractivity (Wildman–Crippen MR) is 73.3 cm³/mol. The van der Waals surface area contributed by atoms with E-state index in [2.05, 4.69) is 21.2 Å². The van der Waals surface area contributed by atoms with Crippen LogP contribution in [0.1, 0.15) is 19.8 Å². The number of hydrogen-bond donors (Lipinski definition) is 1. The number of nitrogens with one attached hydrogen (secondary N) is 1. The van der Waals surface area contributed by atoms with Crippen LogP contribution in [-0.2, 0) is 9.59 Å². The van der Waals surface area contributed by atoms with Gasteiger partial charge in [-0.1, -0.05) is 25.5 Å². The second-order valence-corrected chi connectivity index (χ2v) is 5.14.